The van der Waals surface area contributed by atoms with Gasteiger partial charge in [0.05, 0.1) is 6.61 Å². The molecule has 32 heavy (non-hydrogen) atoms. The van der Waals surface area contributed by atoms with Crippen LogP contribution in [0.15, 0.2) is 53.5 Å². The summed E-state index contributed by atoms with van der Waals surface area (Å²) in [5.41, 5.74) is 2.89. The maximum Gasteiger partial charge on any atom is 0.251 e. The summed E-state index contributed by atoms with van der Waals surface area (Å²) in [6, 6.07) is 15.8. The van der Waals surface area contributed by atoms with Gasteiger partial charge >= 0.3 is 0 Å². The summed E-state index contributed by atoms with van der Waals surface area (Å²) in [7, 11) is 1.76. The van der Waals surface area contributed by atoms with Gasteiger partial charge in [-0.3, -0.25) is 9.79 Å². The first-order valence-corrected chi connectivity index (χ1v) is 11.2. The molecule has 0 saturated heterocycles. The summed E-state index contributed by atoms with van der Waals surface area (Å²) < 4.78 is 5.98. The fourth-order valence-electron chi connectivity index (χ4n) is 3.12. The zero-order valence-corrected chi connectivity index (χ0v) is 21.4. The second-order valence-corrected chi connectivity index (χ2v) is 7.95. The molecule has 1 aliphatic carbocycles. The van der Waals surface area contributed by atoms with Crippen LogP contribution in [0.3, 0.4) is 0 Å². The maximum atomic E-state index is 12.1. The highest BCUT2D eigenvalue weighted by Gasteiger charge is 2.22. The Morgan fingerprint density at radius 1 is 1.03 bits per heavy atom. The predicted molar refractivity (Wildman–Crippen MR) is 141 cm³/mol. The SMILES string of the molecule is CCCCNC(=O)c1ccc(CNC(=NC)NCc2ccccc2OCC2CC2)cc1.I. The van der Waals surface area contributed by atoms with Gasteiger partial charge in [0, 0.05) is 37.8 Å². The van der Waals surface area contributed by atoms with E-state index in [1.165, 1.54) is 12.8 Å². The molecule has 0 aromatic heterocycles. The molecule has 1 aliphatic rings. The number of carbonyl (C=O) groups is 1. The average Bonchev–Trinajstić information content (AvgIpc) is 3.63. The number of benzene rings is 2. The summed E-state index contributed by atoms with van der Waals surface area (Å²) in [4.78, 5) is 16.4. The molecule has 0 spiro atoms. The molecule has 0 aliphatic heterocycles. The van der Waals surface area contributed by atoms with E-state index in [4.69, 9.17) is 4.74 Å². The Morgan fingerprint density at radius 2 is 1.75 bits per heavy atom. The number of guanidine groups is 1. The van der Waals surface area contributed by atoms with Crippen LogP contribution in [0.25, 0.3) is 0 Å². The maximum absolute atomic E-state index is 12.1. The first kappa shape index (κ1) is 26.0. The predicted octanol–water partition coefficient (Wildman–Crippen LogP) is 4.49. The van der Waals surface area contributed by atoms with Crippen LogP contribution in [-0.2, 0) is 13.1 Å². The third-order valence-electron chi connectivity index (χ3n) is 5.31. The number of amides is 1. The number of nitrogens with zero attached hydrogens (tertiary/aromatic N) is 1. The van der Waals surface area contributed by atoms with Crippen molar-refractivity contribution in [1.82, 2.24) is 16.0 Å². The Bertz CT molecular complexity index is 867. The van der Waals surface area contributed by atoms with Crippen LogP contribution in [0.5, 0.6) is 5.75 Å². The fourth-order valence-corrected chi connectivity index (χ4v) is 3.12. The van der Waals surface area contributed by atoms with Crippen molar-refractivity contribution in [1.29, 1.82) is 0 Å². The Morgan fingerprint density at radius 3 is 2.44 bits per heavy atom. The van der Waals surface area contributed by atoms with Crippen LogP contribution < -0.4 is 20.7 Å². The van der Waals surface area contributed by atoms with E-state index in [0.29, 0.717) is 18.7 Å². The molecule has 0 atom stereocenters. The normalized spacial score (nSPS) is 13.1. The summed E-state index contributed by atoms with van der Waals surface area (Å²) in [6.07, 6.45) is 4.62. The molecule has 2 aromatic carbocycles. The van der Waals surface area contributed by atoms with E-state index in [1.807, 2.05) is 42.5 Å². The first-order chi connectivity index (χ1) is 15.2. The number of aliphatic imine (C=N–C) groups is 1. The van der Waals surface area contributed by atoms with Crippen LogP contribution in [0.4, 0.5) is 0 Å². The molecule has 174 valence electrons. The molecule has 0 heterocycles. The molecule has 1 saturated carbocycles. The number of halogens is 1. The van der Waals surface area contributed by atoms with Crippen molar-refractivity contribution in [3.8, 4) is 5.75 Å². The van der Waals surface area contributed by atoms with Gasteiger partial charge in [0.25, 0.3) is 5.91 Å². The molecule has 1 amide bonds. The number of ether oxygens (including phenoxy) is 1. The molecule has 0 radical (unpaired) electrons. The average molecular weight is 550 g/mol. The van der Waals surface area contributed by atoms with E-state index in [9.17, 15) is 4.79 Å². The van der Waals surface area contributed by atoms with E-state index in [0.717, 1.165) is 54.7 Å². The molecule has 1 fully saturated rings. The van der Waals surface area contributed by atoms with Gasteiger partial charge in [-0.1, -0.05) is 43.7 Å². The van der Waals surface area contributed by atoms with E-state index < -0.39 is 0 Å². The van der Waals surface area contributed by atoms with Crippen LogP contribution in [0.2, 0.25) is 0 Å². The van der Waals surface area contributed by atoms with Crippen molar-refractivity contribution in [2.24, 2.45) is 10.9 Å². The van der Waals surface area contributed by atoms with Crippen molar-refractivity contribution in [2.75, 3.05) is 20.2 Å². The molecule has 6 nitrogen and oxygen atoms in total. The molecule has 0 unspecified atom stereocenters. The van der Waals surface area contributed by atoms with Gasteiger partial charge in [-0.05, 0) is 48.9 Å². The summed E-state index contributed by atoms with van der Waals surface area (Å²) >= 11 is 0. The third kappa shape index (κ3) is 8.68. The lowest BCUT2D eigenvalue weighted by molar-refractivity contribution is 0.0953. The van der Waals surface area contributed by atoms with Gasteiger partial charge in [-0.2, -0.15) is 0 Å². The Balaban J connectivity index is 0.00000363. The zero-order chi connectivity index (χ0) is 21.9. The molecule has 7 heteroatoms. The van der Waals surface area contributed by atoms with Gasteiger partial charge in [0.1, 0.15) is 5.75 Å². The molecular formula is C25H35IN4O2. The summed E-state index contributed by atoms with van der Waals surface area (Å²) in [5.74, 6) is 2.36. The van der Waals surface area contributed by atoms with Gasteiger partial charge in [-0.15, -0.1) is 24.0 Å². The quantitative estimate of drug-likeness (QED) is 0.167. The summed E-state index contributed by atoms with van der Waals surface area (Å²) in [6.45, 7) is 4.89. The zero-order valence-electron chi connectivity index (χ0n) is 19.0. The van der Waals surface area contributed by atoms with E-state index in [-0.39, 0.29) is 29.9 Å². The van der Waals surface area contributed by atoms with E-state index in [1.54, 1.807) is 7.05 Å². The Hall–Kier alpha value is -2.29. The number of unbranched alkanes of at least 4 members (excludes halogenated alkanes) is 1. The lowest BCUT2D eigenvalue weighted by atomic mass is 10.1. The topological polar surface area (TPSA) is 74.8 Å². The minimum absolute atomic E-state index is 0. The van der Waals surface area contributed by atoms with E-state index >= 15 is 0 Å². The number of carbonyl (C=O) groups excluding carboxylic acids is 1. The van der Waals surface area contributed by atoms with E-state index in [2.05, 4.69) is 33.9 Å². The van der Waals surface area contributed by atoms with Gasteiger partial charge in [0.2, 0.25) is 0 Å². The number of hydrogen-bond donors (Lipinski definition) is 3. The van der Waals surface area contributed by atoms with Gasteiger partial charge in [-0.25, -0.2) is 0 Å². The molecule has 3 rings (SSSR count). The highest BCUT2D eigenvalue weighted by Crippen LogP contribution is 2.30. The smallest absolute Gasteiger partial charge is 0.251 e. The molecular weight excluding hydrogens is 515 g/mol. The number of hydrogen-bond acceptors (Lipinski definition) is 3. The van der Waals surface area contributed by atoms with Gasteiger partial charge < -0.3 is 20.7 Å². The van der Waals surface area contributed by atoms with Gasteiger partial charge in [0.15, 0.2) is 5.96 Å². The second kappa shape index (κ2) is 14.0. The lowest BCUT2D eigenvalue weighted by Crippen LogP contribution is -2.36. The highest BCUT2D eigenvalue weighted by molar-refractivity contribution is 14.0. The number of nitrogens with one attached hydrogen (secondary N) is 3. The molecule has 3 N–H and O–H groups in total. The first-order valence-electron chi connectivity index (χ1n) is 11.2. The van der Waals surface area contributed by atoms with Crippen molar-refractivity contribution >= 4 is 35.8 Å². The van der Waals surface area contributed by atoms with Crippen LogP contribution in [-0.4, -0.2) is 32.1 Å². The van der Waals surface area contributed by atoms with Crippen molar-refractivity contribution in [3.63, 3.8) is 0 Å². The minimum atomic E-state index is -0.0204. The Labute approximate surface area is 208 Å². The van der Waals surface area contributed by atoms with Crippen LogP contribution >= 0.6 is 24.0 Å². The largest absolute Gasteiger partial charge is 0.493 e. The minimum Gasteiger partial charge on any atom is -0.493 e. The molecule has 2 aromatic rings. The second-order valence-electron chi connectivity index (χ2n) is 7.95. The number of para-hydroxylation sites is 1. The van der Waals surface area contributed by atoms with Crippen molar-refractivity contribution in [3.05, 3.63) is 65.2 Å². The molecule has 0 bridgehead atoms. The fraction of sp³-hybridized carbons (Fsp3) is 0.440. The summed E-state index contributed by atoms with van der Waals surface area (Å²) in [5, 5.41) is 9.62. The monoisotopic (exact) mass is 550 g/mol. The van der Waals surface area contributed by atoms with Crippen molar-refractivity contribution < 1.29 is 9.53 Å². The van der Waals surface area contributed by atoms with Crippen LogP contribution in [0.1, 0.15) is 54.1 Å². The third-order valence-corrected chi connectivity index (χ3v) is 5.31. The number of rotatable bonds is 11. The highest BCUT2D eigenvalue weighted by atomic mass is 127. The Kier molecular flexibility index (Phi) is 11.3. The van der Waals surface area contributed by atoms with Crippen LogP contribution in [0, 0.1) is 5.92 Å². The van der Waals surface area contributed by atoms with Crippen molar-refractivity contribution in [2.45, 2.75) is 45.7 Å². The lowest BCUT2D eigenvalue weighted by Gasteiger charge is -2.15. The standard InChI is InChI=1S/C25H34N4O2.HI/c1-3-4-15-27-24(30)21-13-11-19(12-14-21)16-28-25(26-2)29-17-22-7-5-6-8-23(22)31-18-20-9-10-20;/h5-8,11-14,20H,3-4,9-10,15-18H2,1-2H3,(H,27,30)(H2,26,28,29);1H.